The van der Waals surface area contributed by atoms with Crippen LogP contribution in [-0.4, -0.2) is 17.7 Å². The van der Waals surface area contributed by atoms with Gasteiger partial charge in [0.2, 0.25) is 0 Å². The number of aromatic hydroxyl groups is 1. The molecule has 0 aromatic heterocycles. The molecule has 0 aliphatic heterocycles. The maximum atomic E-state index is 11.0. The van der Waals surface area contributed by atoms with Crippen LogP contribution >= 0.6 is 15.9 Å². The average molecular weight is 271 g/mol. The van der Waals surface area contributed by atoms with Crippen LogP contribution in [0.1, 0.15) is 12.5 Å². The summed E-state index contributed by atoms with van der Waals surface area (Å²) >= 11 is 3.17. The van der Waals surface area contributed by atoms with Crippen LogP contribution in [0.4, 0.5) is 0 Å². The van der Waals surface area contributed by atoms with E-state index in [1.807, 2.05) is 0 Å². The van der Waals surface area contributed by atoms with Gasteiger partial charge in [0.15, 0.2) is 0 Å². The maximum absolute atomic E-state index is 11.0. The maximum Gasteiger partial charge on any atom is 0.330 e. The summed E-state index contributed by atoms with van der Waals surface area (Å²) in [6, 6.07) is 5.04. The Labute approximate surface area is 96.5 Å². The van der Waals surface area contributed by atoms with E-state index < -0.39 is 0 Å². The Morgan fingerprint density at radius 3 is 2.93 bits per heavy atom. The first kappa shape index (κ1) is 11.8. The molecule has 0 aliphatic carbocycles. The molecule has 0 fully saturated rings. The summed E-state index contributed by atoms with van der Waals surface area (Å²) in [6.45, 7) is 2.10. The number of halogens is 1. The second-order valence-electron chi connectivity index (χ2n) is 2.80. The second kappa shape index (κ2) is 5.56. The molecule has 0 spiro atoms. The minimum absolute atomic E-state index is 0.140. The predicted octanol–water partition coefficient (Wildman–Crippen LogP) is 2.73. The van der Waals surface area contributed by atoms with Gasteiger partial charge in [0.05, 0.1) is 11.1 Å². The molecule has 3 nitrogen and oxygen atoms in total. The molecule has 0 amide bonds. The number of esters is 1. The molecule has 1 rings (SSSR count). The van der Waals surface area contributed by atoms with Gasteiger partial charge in [-0.25, -0.2) is 4.79 Å². The minimum Gasteiger partial charge on any atom is -0.507 e. The number of hydrogen-bond donors (Lipinski definition) is 1. The molecule has 0 saturated carbocycles. The van der Waals surface area contributed by atoms with E-state index in [1.165, 1.54) is 6.08 Å². The van der Waals surface area contributed by atoms with Crippen LogP contribution < -0.4 is 0 Å². The zero-order valence-electron chi connectivity index (χ0n) is 8.24. The van der Waals surface area contributed by atoms with Crippen LogP contribution in [0.5, 0.6) is 5.75 Å². The lowest BCUT2D eigenvalue weighted by Crippen LogP contribution is -1.98. The smallest absolute Gasteiger partial charge is 0.330 e. The first-order chi connectivity index (χ1) is 7.13. The van der Waals surface area contributed by atoms with Crippen LogP contribution in [0.3, 0.4) is 0 Å². The molecule has 0 heterocycles. The number of phenols is 1. The summed E-state index contributed by atoms with van der Waals surface area (Å²) in [4.78, 5) is 11.0. The quantitative estimate of drug-likeness (QED) is 0.679. The van der Waals surface area contributed by atoms with Crippen molar-refractivity contribution >= 4 is 28.0 Å². The minimum atomic E-state index is -0.389. The van der Waals surface area contributed by atoms with Crippen molar-refractivity contribution in [2.45, 2.75) is 6.92 Å². The van der Waals surface area contributed by atoms with Crippen LogP contribution in [0, 0.1) is 0 Å². The lowest BCUT2D eigenvalue weighted by Gasteiger charge is -1.98. The number of phenolic OH excluding ortho intramolecular Hbond substituents is 1. The van der Waals surface area contributed by atoms with Gasteiger partial charge in [0.25, 0.3) is 0 Å². The molecule has 1 N–H and O–H groups in total. The van der Waals surface area contributed by atoms with Gasteiger partial charge in [0, 0.05) is 6.08 Å². The van der Waals surface area contributed by atoms with Crippen molar-refractivity contribution in [3.8, 4) is 5.75 Å². The molecule has 4 heteroatoms. The molecule has 15 heavy (non-hydrogen) atoms. The summed E-state index contributed by atoms with van der Waals surface area (Å²) in [5.41, 5.74) is 0.740. The van der Waals surface area contributed by atoms with Gasteiger partial charge in [-0.1, -0.05) is 6.07 Å². The predicted molar refractivity (Wildman–Crippen MR) is 61.5 cm³/mol. The molecule has 0 atom stereocenters. The van der Waals surface area contributed by atoms with E-state index in [4.69, 9.17) is 4.74 Å². The largest absolute Gasteiger partial charge is 0.507 e. The Hall–Kier alpha value is -1.29. The lowest BCUT2D eigenvalue weighted by molar-refractivity contribution is -0.137. The first-order valence-corrected chi connectivity index (χ1v) is 5.26. The van der Waals surface area contributed by atoms with Gasteiger partial charge in [-0.15, -0.1) is 0 Å². The Kier molecular flexibility index (Phi) is 4.37. The fourth-order valence-corrected chi connectivity index (χ4v) is 1.23. The Balaban J connectivity index is 2.72. The number of ether oxygens (including phenoxy) is 1. The standard InChI is InChI=1S/C11H11BrO3/c1-2-15-11(14)6-4-8-3-5-9(12)10(13)7-8/h3-7,13H,2H2,1H3/b6-4+. The number of rotatable bonds is 3. The summed E-state index contributed by atoms with van der Waals surface area (Å²) in [5, 5.41) is 9.37. The SMILES string of the molecule is CCOC(=O)/C=C/c1ccc(Br)c(O)c1. The van der Waals surface area contributed by atoms with Gasteiger partial charge in [-0.2, -0.15) is 0 Å². The van der Waals surface area contributed by atoms with Crippen molar-refractivity contribution in [2.75, 3.05) is 6.61 Å². The van der Waals surface area contributed by atoms with Crippen LogP contribution in [-0.2, 0) is 9.53 Å². The first-order valence-electron chi connectivity index (χ1n) is 4.47. The molecule has 0 unspecified atom stereocenters. The normalized spacial score (nSPS) is 10.5. The average Bonchev–Trinajstić information content (AvgIpc) is 2.20. The van der Waals surface area contributed by atoms with E-state index in [0.717, 1.165) is 5.56 Å². The molecule has 0 saturated heterocycles. The van der Waals surface area contributed by atoms with Crippen molar-refractivity contribution in [2.24, 2.45) is 0 Å². The third kappa shape index (κ3) is 3.75. The van der Waals surface area contributed by atoms with Crippen molar-refractivity contribution in [3.05, 3.63) is 34.3 Å². The van der Waals surface area contributed by atoms with Crippen LogP contribution in [0.2, 0.25) is 0 Å². The molecular formula is C11H11BrO3. The second-order valence-corrected chi connectivity index (χ2v) is 3.65. The molecule has 0 bridgehead atoms. The Morgan fingerprint density at radius 2 is 2.33 bits per heavy atom. The molecule has 0 aliphatic rings. The Bertz CT molecular complexity index is 385. The van der Waals surface area contributed by atoms with E-state index in [2.05, 4.69) is 15.9 Å². The van der Waals surface area contributed by atoms with Crippen LogP contribution in [0.25, 0.3) is 6.08 Å². The summed E-state index contributed by atoms with van der Waals surface area (Å²) in [7, 11) is 0. The fraction of sp³-hybridized carbons (Fsp3) is 0.182. The summed E-state index contributed by atoms with van der Waals surface area (Å²) < 4.78 is 5.34. The topological polar surface area (TPSA) is 46.5 Å². The van der Waals surface area contributed by atoms with E-state index >= 15 is 0 Å². The molecule has 1 aromatic rings. The van der Waals surface area contributed by atoms with Crippen LogP contribution in [0.15, 0.2) is 28.7 Å². The Morgan fingerprint density at radius 1 is 1.60 bits per heavy atom. The number of carbonyl (C=O) groups excluding carboxylic acids is 1. The number of benzene rings is 1. The highest BCUT2D eigenvalue weighted by Gasteiger charge is 1.98. The highest BCUT2D eigenvalue weighted by Crippen LogP contribution is 2.24. The molecule has 1 aromatic carbocycles. The zero-order valence-corrected chi connectivity index (χ0v) is 9.82. The van der Waals surface area contributed by atoms with Gasteiger partial charge in [-0.3, -0.25) is 0 Å². The fourth-order valence-electron chi connectivity index (χ4n) is 0.988. The molecule has 80 valence electrons. The highest BCUT2D eigenvalue weighted by molar-refractivity contribution is 9.10. The number of hydrogen-bond acceptors (Lipinski definition) is 3. The summed E-state index contributed by atoms with van der Waals surface area (Å²) in [5.74, 6) is -0.249. The summed E-state index contributed by atoms with van der Waals surface area (Å²) in [6.07, 6.45) is 2.91. The van der Waals surface area contributed by atoms with E-state index in [9.17, 15) is 9.90 Å². The molecular weight excluding hydrogens is 260 g/mol. The molecule has 0 radical (unpaired) electrons. The third-order valence-corrected chi connectivity index (χ3v) is 2.34. The van der Waals surface area contributed by atoms with Crippen molar-refractivity contribution in [1.82, 2.24) is 0 Å². The van der Waals surface area contributed by atoms with Crippen molar-refractivity contribution in [1.29, 1.82) is 0 Å². The van der Waals surface area contributed by atoms with E-state index in [1.54, 1.807) is 31.2 Å². The van der Waals surface area contributed by atoms with E-state index in [0.29, 0.717) is 11.1 Å². The van der Waals surface area contributed by atoms with Gasteiger partial charge < -0.3 is 9.84 Å². The third-order valence-electron chi connectivity index (χ3n) is 1.67. The van der Waals surface area contributed by atoms with Gasteiger partial charge >= 0.3 is 5.97 Å². The van der Waals surface area contributed by atoms with Crippen molar-refractivity contribution < 1.29 is 14.6 Å². The highest BCUT2D eigenvalue weighted by atomic mass is 79.9. The van der Waals surface area contributed by atoms with Gasteiger partial charge in [0.1, 0.15) is 5.75 Å². The monoisotopic (exact) mass is 270 g/mol. The lowest BCUT2D eigenvalue weighted by atomic mass is 10.2. The van der Waals surface area contributed by atoms with Crippen molar-refractivity contribution in [3.63, 3.8) is 0 Å². The van der Waals surface area contributed by atoms with Gasteiger partial charge in [-0.05, 0) is 46.6 Å². The zero-order chi connectivity index (χ0) is 11.3. The van der Waals surface area contributed by atoms with E-state index in [-0.39, 0.29) is 11.7 Å². The number of carbonyl (C=O) groups is 1.